The van der Waals surface area contributed by atoms with E-state index in [4.69, 9.17) is 9.47 Å². The highest BCUT2D eigenvalue weighted by molar-refractivity contribution is 5.95. The molecule has 2 rings (SSSR count). The van der Waals surface area contributed by atoms with Gasteiger partial charge >= 0.3 is 11.9 Å². The van der Waals surface area contributed by atoms with E-state index in [0.717, 1.165) is 0 Å². The third-order valence-corrected chi connectivity index (χ3v) is 3.42. The molecular formula is C20H19NO6. The van der Waals surface area contributed by atoms with Gasteiger partial charge in [0.2, 0.25) is 5.91 Å². The number of esters is 2. The van der Waals surface area contributed by atoms with Crippen LogP contribution in [0, 0.1) is 0 Å². The minimum Gasteiger partial charge on any atom is -0.493 e. The maximum atomic E-state index is 12.4. The minimum absolute atomic E-state index is 0.225. The number of carbonyl (C=O) groups excluding carboxylic acids is 3. The molecule has 0 aliphatic heterocycles. The van der Waals surface area contributed by atoms with E-state index in [1.54, 1.807) is 42.5 Å². The summed E-state index contributed by atoms with van der Waals surface area (Å²) in [5, 5.41) is 2.61. The smallest absolute Gasteiger partial charge is 0.343 e. The zero-order valence-electron chi connectivity index (χ0n) is 15.1. The molecule has 0 saturated heterocycles. The maximum Gasteiger partial charge on any atom is 0.343 e. The number of hydrogen-bond acceptors (Lipinski definition) is 6. The van der Waals surface area contributed by atoms with Gasteiger partial charge in [0.05, 0.1) is 19.8 Å². The van der Waals surface area contributed by atoms with E-state index in [1.807, 2.05) is 0 Å². The summed E-state index contributed by atoms with van der Waals surface area (Å²) in [5.74, 6) is -0.768. The first kappa shape index (κ1) is 19.7. The molecule has 0 saturated carbocycles. The Bertz CT molecular complexity index is 888. The van der Waals surface area contributed by atoms with E-state index in [-0.39, 0.29) is 17.2 Å². The van der Waals surface area contributed by atoms with Crippen molar-refractivity contribution in [3.8, 4) is 11.5 Å². The maximum absolute atomic E-state index is 12.4. The fourth-order valence-corrected chi connectivity index (χ4v) is 2.19. The van der Waals surface area contributed by atoms with Crippen LogP contribution in [0.25, 0.3) is 6.08 Å². The Morgan fingerprint density at radius 1 is 1.00 bits per heavy atom. The van der Waals surface area contributed by atoms with Crippen molar-refractivity contribution < 1.29 is 28.6 Å². The zero-order chi connectivity index (χ0) is 19.8. The van der Waals surface area contributed by atoms with Crippen molar-refractivity contribution in [2.24, 2.45) is 0 Å². The van der Waals surface area contributed by atoms with Crippen molar-refractivity contribution in [2.45, 2.75) is 6.92 Å². The normalized spacial score (nSPS) is 10.3. The monoisotopic (exact) mass is 369 g/mol. The number of benzene rings is 2. The molecule has 0 heterocycles. The largest absolute Gasteiger partial charge is 0.493 e. The van der Waals surface area contributed by atoms with Crippen molar-refractivity contribution in [1.29, 1.82) is 0 Å². The minimum atomic E-state index is -0.599. The van der Waals surface area contributed by atoms with Crippen molar-refractivity contribution in [1.82, 2.24) is 0 Å². The molecule has 0 fully saturated rings. The van der Waals surface area contributed by atoms with Gasteiger partial charge in [-0.2, -0.15) is 0 Å². The Hall–Kier alpha value is -3.61. The van der Waals surface area contributed by atoms with Crippen LogP contribution < -0.4 is 14.8 Å². The Balaban J connectivity index is 2.19. The highest BCUT2D eigenvalue weighted by Crippen LogP contribution is 2.29. The molecule has 0 aromatic heterocycles. The highest BCUT2D eigenvalue weighted by Gasteiger charge is 2.13. The summed E-state index contributed by atoms with van der Waals surface area (Å²) >= 11 is 0. The van der Waals surface area contributed by atoms with E-state index in [2.05, 4.69) is 10.1 Å². The third-order valence-electron chi connectivity index (χ3n) is 3.42. The van der Waals surface area contributed by atoms with Gasteiger partial charge in [0, 0.05) is 18.7 Å². The van der Waals surface area contributed by atoms with Crippen LogP contribution in [0.1, 0.15) is 22.8 Å². The van der Waals surface area contributed by atoms with Crippen molar-refractivity contribution in [2.75, 3.05) is 19.5 Å². The first-order valence-electron chi connectivity index (χ1n) is 7.97. The summed E-state index contributed by atoms with van der Waals surface area (Å²) in [6.45, 7) is 1.38. The summed E-state index contributed by atoms with van der Waals surface area (Å²) in [6, 6.07) is 11.2. The van der Waals surface area contributed by atoms with Gasteiger partial charge in [-0.1, -0.05) is 12.1 Å². The van der Waals surface area contributed by atoms with Gasteiger partial charge < -0.3 is 19.5 Å². The summed E-state index contributed by atoms with van der Waals surface area (Å²) in [5.41, 5.74) is 1.44. The molecule has 27 heavy (non-hydrogen) atoms. The van der Waals surface area contributed by atoms with E-state index < -0.39 is 11.9 Å². The molecule has 0 atom stereocenters. The van der Waals surface area contributed by atoms with Gasteiger partial charge in [-0.15, -0.1) is 0 Å². The van der Waals surface area contributed by atoms with Crippen LogP contribution in [0.2, 0.25) is 0 Å². The lowest BCUT2D eigenvalue weighted by Crippen LogP contribution is -2.11. The molecule has 140 valence electrons. The van der Waals surface area contributed by atoms with E-state index in [9.17, 15) is 14.4 Å². The zero-order valence-corrected chi connectivity index (χ0v) is 15.1. The second-order valence-corrected chi connectivity index (χ2v) is 5.42. The van der Waals surface area contributed by atoms with Gasteiger partial charge in [0.1, 0.15) is 0 Å². The molecule has 1 amide bonds. The van der Waals surface area contributed by atoms with Gasteiger partial charge in [0.25, 0.3) is 0 Å². The topological polar surface area (TPSA) is 90.9 Å². The third kappa shape index (κ3) is 5.71. The quantitative estimate of drug-likeness (QED) is 0.478. The lowest BCUT2D eigenvalue weighted by molar-refractivity contribution is -0.134. The number of methoxy groups -OCH3 is 2. The predicted octanol–water partition coefficient (Wildman–Crippen LogP) is 3.06. The molecule has 7 nitrogen and oxygen atoms in total. The van der Waals surface area contributed by atoms with Gasteiger partial charge in [-0.3, -0.25) is 4.79 Å². The average Bonchev–Trinajstić information content (AvgIpc) is 2.66. The molecule has 2 aromatic carbocycles. The number of rotatable bonds is 6. The summed E-state index contributed by atoms with van der Waals surface area (Å²) in [4.78, 5) is 34.7. The first-order valence-corrected chi connectivity index (χ1v) is 7.97. The van der Waals surface area contributed by atoms with Crippen molar-refractivity contribution >= 4 is 29.6 Å². The Kier molecular flexibility index (Phi) is 6.71. The number of carbonyl (C=O) groups is 3. The number of nitrogens with one attached hydrogen (secondary N) is 1. The van der Waals surface area contributed by atoms with Crippen LogP contribution in [0.4, 0.5) is 5.69 Å². The molecule has 0 aliphatic carbocycles. The van der Waals surface area contributed by atoms with Gasteiger partial charge in [-0.25, -0.2) is 9.59 Å². The molecule has 0 aliphatic rings. The summed E-state index contributed by atoms with van der Waals surface area (Å²) < 4.78 is 15.2. The fourth-order valence-electron chi connectivity index (χ4n) is 2.19. The highest BCUT2D eigenvalue weighted by atomic mass is 16.6. The van der Waals surface area contributed by atoms with Crippen LogP contribution in [0.15, 0.2) is 48.5 Å². The molecule has 2 aromatic rings. The first-order chi connectivity index (χ1) is 12.9. The molecule has 0 bridgehead atoms. The Morgan fingerprint density at radius 2 is 1.78 bits per heavy atom. The van der Waals surface area contributed by atoms with Gasteiger partial charge in [0.15, 0.2) is 11.5 Å². The average molecular weight is 369 g/mol. The number of ether oxygens (including phenoxy) is 3. The number of anilines is 1. The molecule has 7 heteroatoms. The second-order valence-electron chi connectivity index (χ2n) is 5.42. The lowest BCUT2D eigenvalue weighted by Gasteiger charge is -2.11. The number of hydrogen-bond donors (Lipinski definition) is 1. The summed E-state index contributed by atoms with van der Waals surface area (Å²) in [7, 11) is 2.73. The molecule has 0 spiro atoms. The van der Waals surface area contributed by atoms with Crippen LogP contribution in [0.3, 0.4) is 0 Å². The second kappa shape index (κ2) is 9.19. The predicted molar refractivity (Wildman–Crippen MR) is 99.7 cm³/mol. The van der Waals surface area contributed by atoms with Crippen LogP contribution in [-0.4, -0.2) is 32.1 Å². The van der Waals surface area contributed by atoms with Crippen LogP contribution >= 0.6 is 0 Å². The number of amides is 1. The van der Waals surface area contributed by atoms with Crippen LogP contribution in [-0.2, 0) is 14.3 Å². The molecule has 1 N–H and O–H groups in total. The van der Waals surface area contributed by atoms with Crippen LogP contribution in [0.5, 0.6) is 11.5 Å². The standard InChI is InChI=1S/C20H19NO6/c1-13(22)21-16-6-4-5-15(12-16)20(24)27-17-9-7-14(11-18(17)25-2)8-10-19(23)26-3/h4-12H,1-3H3,(H,21,22)/b10-8+. The Labute approximate surface area is 156 Å². The van der Waals surface area contributed by atoms with E-state index in [0.29, 0.717) is 17.0 Å². The summed E-state index contributed by atoms with van der Waals surface area (Å²) in [6.07, 6.45) is 2.82. The Morgan fingerprint density at radius 3 is 2.44 bits per heavy atom. The SMILES string of the molecule is COC(=O)/C=C/c1ccc(OC(=O)c2cccc(NC(C)=O)c2)c(OC)c1. The van der Waals surface area contributed by atoms with Crippen molar-refractivity contribution in [3.63, 3.8) is 0 Å². The molecule has 0 radical (unpaired) electrons. The fraction of sp³-hybridized carbons (Fsp3) is 0.150. The van der Waals surface area contributed by atoms with E-state index in [1.165, 1.54) is 33.3 Å². The van der Waals surface area contributed by atoms with E-state index >= 15 is 0 Å². The molecular weight excluding hydrogens is 350 g/mol. The lowest BCUT2D eigenvalue weighted by atomic mass is 10.1. The van der Waals surface area contributed by atoms with Gasteiger partial charge in [-0.05, 0) is 42.0 Å². The van der Waals surface area contributed by atoms with Crippen molar-refractivity contribution in [3.05, 3.63) is 59.7 Å². The molecule has 0 unspecified atom stereocenters.